The molecule has 26 heavy (non-hydrogen) atoms. The number of piperidine rings is 1. The standard InChI is InChI=1S/C20H19N5O/c26-20(17-12-14-6-1-2-8-16(14)21-17)24-10-5-7-15(13-24)19-23-22-18-9-3-4-11-25(18)19/h1-4,6,8-9,11-12,15,21H,5,7,10,13H2/t15-/m0/s1. The number of hydrogen-bond acceptors (Lipinski definition) is 3. The second-order valence-corrected chi connectivity index (χ2v) is 6.85. The maximum atomic E-state index is 13.0. The summed E-state index contributed by atoms with van der Waals surface area (Å²) in [5.74, 6) is 1.20. The summed E-state index contributed by atoms with van der Waals surface area (Å²) >= 11 is 0. The second-order valence-electron chi connectivity index (χ2n) is 6.85. The average Bonchev–Trinajstić information content (AvgIpc) is 3.31. The second kappa shape index (κ2) is 5.98. The highest BCUT2D eigenvalue weighted by atomic mass is 16.2. The number of H-pyrrole nitrogens is 1. The Bertz CT molecular complexity index is 1060. The predicted octanol–water partition coefficient (Wildman–Crippen LogP) is 3.23. The van der Waals surface area contributed by atoms with E-state index in [0.29, 0.717) is 12.2 Å². The number of hydrogen-bond donors (Lipinski definition) is 1. The summed E-state index contributed by atoms with van der Waals surface area (Å²) in [6.07, 6.45) is 3.98. The Kier molecular flexibility index (Phi) is 3.48. The lowest BCUT2D eigenvalue weighted by atomic mass is 9.97. The molecule has 1 aliphatic rings. The molecule has 3 aromatic heterocycles. The largest absolute Gasteiger partial charge is 0.351 e. The van der Waals surface area contributed by atoms with Crippen LogP contribution in [0.5, 0.6) is 0 Å². The van der Waals surface area contributed by atoms with Crippen LogP contribution >= 0.6 is 0 Å². The average molecular weight is 345 g/mol. The van der Waals surface area contributed by atoms with Crippen molar-refractivity contribution in [3.8, 4) is 0 Å². The lowest BCUT2D eigenvalue weighted by molar-refractivity contribution is 0.0699. The van der Waals surface area contributed by atoms with Crippen LogP contribution in [-0.2, 0) is 0 Å². The maximum absolute atomic E-state index is 13.0. The number of nitrogens with one attached hydrogen (secondary N) is 1. The lowest BCUT2D eigenvalue weighted by Crippen LogP contribution is -2.39. The van der Waals surface area contributed by atoms with Crippen molar-refractivity contribution in [3.05, 3.63) is 66.2 Å². The van der Waals surface area contributed by atoms with Crippen LogP contribution < -0.4 is 0 Å². The highest BCUT2D eigenvalue weighted by Crippen LogP contribution is 2.27. The van der Waals surface area contributed by atoms with Crippen LogP contribution in [0.25, 0.3) is 16.6 Å². The monoisotopic (exact) mass is 345 g/mol. The van der Waals surface area contributed by atoms with Gasteiger partial charge in [0, 0.05) is 36.1 Å². The minimum Gasteiger partial charge on any atom is -0.351 e. The molecule has 1 amide bonds. The van der Waals surface area contributed by atoms with Gasteiger partial charge in [-0.15, -0.1) is 10.2 Å². The van der Waals surface area contributed by atoms with Crippen molar-refractivity contribution < 1.29 is 4.79 Å². The smallest absolute Gasteiger partial charge is 0.270 e. The highest BCUT2D eigenvalue weighted by Gasteiger charge is 2.29. The number of para-hydroxylation sites is 1. The first-order valence-corrected chi connectivity index (χ1v) is 8.96. The van der Waals surface area contributed by atoms with Crippen LogP contribution in [0.15, 0.2) is 54.7 Å². The predicted molar refractivity (Wildman–Crippen MR) is 99.2 cm³/mol. The number of amides is 1. The Morgan fingerprint density at radius 2 is 2.00 bits per heavy atom. The molecule has 5 rings (SSSR count). The minimum atomic E-state index is 0.0553. The first-order valence-electron chi connectivity index (χ1n) is 8.96. The molecule has 1 N–H and O–H groups in total. The number of nitrogens with zero attached hydrogens (tertiary/aromatic N) is 4. The van der Waals surface area contributed by atoms with Crippen LogP contribution in [-0.4, -0.2) is 43.5 Å². The first-order chi connectivity index (χ1) is 12.8. The Morgan fingerprint density at radius 1 is 1.12 bits per heavy atom. The number of carbonyl (C=O) groups is 1. The fourth-order valence-electron chi connectivity index (χ4n) is 3.87. The van der Waals surface area contributed by atoms with Gasteiger partial charge in [-0.25, -0.2) is 0 Å². The van der Waals surface area contributed by atoms with Gasteiger partial charge in [0.2, 0.25) is 0 Å². The van der Waals surface area contributed by atoms with Crippen molar-refractivity contribution in [2.75, 3.05) is 13.1 Å². The molecule has 4 heterocycles. The van der Waals surface area contributed by atoms with Crippen LogP contribution in [0, 0.1) is 0 Å². The number of aromatic nitrogens is 4. The number of likely N-dealkylation sites (tertiary alicyclic amines) is 1. The van der Waals surface area contributed by atoms with Gasteiger partial charge in [0.25, 0.3) is 5.91 Å². The summed E-state index contributed by atoms with van der Waals surface area (Å²) in [6, 6.07) is 15.8. The Labute approximate surface area is 150 Å². The third kappa shape index (κ3) is 2.45. The summed E-state index contributed by atoms with van der Waals surface area (Å²) in [4.78, 5) is 18.2. The van der Waals surface area contributed by atoms with Gasteiger partial charge in [-0.3, -0.25) is 9.20 Å². The van der Waals surface area contributed by atoms with E-state index in [1.807, 2.05) is 64.0 Å². The molecule has 0 aliphatic carbocycles. The van der Waals surface area contributed by atoms with E-state index >= 15 is 0 Å². The number of fused-ring (bicyclic) bond motifs is 2. The van der Waals surface area contributed by atoms with Crippen molar-refractivity contribution >= 4 is 22.5 Å². The summed E-state index contributed by atoms with van der Waals surface area (Å²) in [5, 5.41) is 9.70. The highest BCUT2D eigenvalue weighted by molar-refractivity contribution is 5.98. The van der Waals surface area contributed by atoms with Gasteiger partial charge in [0.1, 0.15) is 11.5 Å². The van der Waals surface area contributed by atoms with E-state index in [1.165, 1.54) is 0 Å². The summed E-state index contributed by atoms with van der Waals surface area (Å²) in [6.45, 7) is 1.45. The number of carbonyl (C=O) groups excluding carboxylic acids is 1. The number of pyridine rings is 1. The first kappa shape index (κ1) is 15.1. The molecule has 1 aromatic carbocycles. The molecular weight excluding hydrogens is 326 g/mol. The number of aromatic amines is 1. The topological polar surface area (TPSA) is 66.3 Å². The molecule has 0 bridgehead atoms. The molecular formula is C20H19N5O. The molecule has 1 saturated heterocycles. The van der Waals surface area contributed by atoms with Gasteiger partial charge in [0.05, 0.1) is 0 Å². The lowest BCUT2D eigenvalue weighted by Gasteiger charge is -2.31. The molecule has 4 aromatic rings. The summed E-state index contributed by atoms with van der Waals surface area (Å²) < 4.78 is 2.03. The maximum Gasteiger partial charge on any atom is 0.270 e. The fourth-order valence-corrected chi connectivity index (χ4v) is 3.87. The minimum absolute atomic E-state index is 0.0553. The van der Waals surface area contributed by atoms with E-state index in [1.54, 1.807) is 0 Å². The van der Waals surface area contributed by atoms with Crippen molar-refractivity contribution in [3.63, 3.8) is 0 Å². The Morgan fingerprint density at radius 3 is 2.92 bits per heavy atom. The van der Waals surface area contributed by atoms with Gasteiger partial charge < -0.3 is 9.88 Å². The Balaban J connectivity index is 1.42. The van der Waals surface area contributed by atoms with Gasteiger partial charge >= 0.3 is 0 Å². The molecule has 0 spiro atoms. The van der Waals surface area contributed by atoms with Crippen LogP contribution in [0.3, 0.4) is 0 Å². The SMILES string of the molecule is O=C(c1cc2ccccc2[nH]1)N1CCC[C@H](c2nnc3ccccn23)C1. The molecule has 0 radical (unpaired) electrons. The van der Waals surface area contributed by atoms with Crippen molar-refractivity contribution in [2.24, 2.45) is 0 Å². The van der Waals surface area contributed by atoms with Crippen LogP contribution in [0.1, 0.15) is 35.1 Å². The normalized spacial score (nSPS) is 17.8. The molecule has 6 nitrogen and oxygen atoms in total. The number of rotatable bonds is 2. The van der Waals surface area contributed by atoms with Crippen molar-refractivity contribution in [1.29, 1.82) is 0 Å². The van der Waals surface area contributed by atoms with E-state index in [0.717, 1.165) is 41.8 Å². The van der Waals surface area contributed by atoms with Crippen molar-refractivity contribution in [1.82, 2.24) is 24.5 Å². The molecule has 130 valence electrons. The quantitative estimate of drug-likeness (QED) is 0.606. The molecule has 1 aliphatic heterocycles. The number of benzene rings is 1. The molecule has 1 fully saturated rings. The third-order valence-corrected chi connectivity index (χ3v) is 5.17. The summed E-state index contributed by atoms with van der Waals surface area (Å²) in [5.41, 5.74) is 2.49. The van der Waals surface area contributed by atoms with E-state index in [9.17, 15) is 4.79 Å². The fraction of sp³-hybridized carbons (Fsp3) is 0.250. The van der Waals surface area contributed by atoms with Gasteiger partial charge in [-0.05, 0) is 37.1 Å². The van der Waals surface area contributed by atoms with E-state index in [-0.39, 0.29) is 11.8 Å². The van der Waals surface area contributed by atoms with E-state index < -0.39 is 0 Å². The van der Waals surface area contributed by atoms with E-state index in [2.05, 4.69) is 15.2 Å². The van der Waals surface area contributed by atoms with Crippen molar-refractivity contribution in [2.45, 2.75) is 18.8 Å². The van der Waals surface area contributed by atoms with Gasteiger partial charge in [0.15, 0.2) is 5.65 Å². The van der Waals surface area contributed by atoms with Crippen LogP contribution in [0.2, 0.25) is 0 Å². The molecule has 0 unspecified atom stereocenters. The van der Waals surface area contributed by atoms with Gasteiger partial charge in [-0.1, -0.05) is 24.3 Å². The molecule has 1 atom stereocenters. The van der Waals surface area contributed by atoms with Gasteiger partial charge in [-0.2, -0.15) is 0 Å². The third-order valence-electron chi connectivity index (χ3n) is 5.17. The zero-order valence-corrected chi connectivity index (χ0v) is 14.3. The van der Waals surface area contributed by atoms with Crippen LogP contribution in [0.4, 0.5) is 0 Å². The molecule has 6 heteroatoms. The summed E-state index contributed by atoms with van der Waals surface area (Å²) in [7, 11) is 0. The zero-order valence-electron chi connectivity index (χ0n) is 14.3. The van der Waals surface area contributed by atoms with E-state index in [4.69, 9.17) is 0 Å². The Hall–Kier alpha value is -3.15. The zero-order chi connectivity index (χ0) is 17.5. The molecule has 0 saturated carbocycles.